The van der Waals surface area contributed by atoms with Crippen molar-refractivity contribution in [1.29, 1.82) is 0 Å². The molecule has 2 aliphatic rings. The Bertz CT molecular complexity index is 1080. The molecule has 28 heavy (non-hydrogen) atoms. The van der Waals surface area contributed by atoms with E-state index >= 15 is 0 Å². The summed E-state index contributed by atoms with van der Waals surface area (Å²) in [4.78, 5) is 37.9. The molecule has 3 heterocycles. The van der Waals surface area contributed by atoms with Crippen LogP contribution < -0.4 is 11.1 Å². The van der Waals surface area contributed by atoms with E-state index in [1.807, 2.05) is 10.6 Å². The van der Waals surface area contributed by atoms with Crippen LogP contribution >= 0.6 is 0 Å². The van der Waals surface area contributed by atoms with Crippen LogP contribution in [0.15, 0.2) is 36.7 Å². The van der Waals surface area contributed by atoms with Crippen LogP contribution in [0.1, 0.15) is 47.9 Å². The Hall–Kier alpha value is -3.29. The first-order valence-corrected chi connectivity index (χ1v) is 9.49. The molecule has 1 amide bonds. The van der Waals surface area contributed by atoms with E-state index in [-0.39, 0.29) is 35.4 Å². The van der Waals surface area contributed by atoms with Crippen LogP contribution in [0.25, 0.3) is 11.2 Å². The third kappa shape index (κ3) is 2.72. The molecule has 0 spiro atoms. The first-order valence-electron chi connectivity index (χ1n) is 9.49. The zero-order chi connectivity index (χ0) is 19.3. The van der Waals surface area contributed by atoms with Gasteiger partial charge in [-0.1, -0.05) is 30.3 Å². The van der Waals surface area contributed by atoms with E-state index in [9.17, 15) is 9.59 Å². The number of rotatable bonds is 3. The molecule has 2 aromatic heterocycles. The van der Waals surface area contributed by atoms with Crippen molar-refractivity contribution in [3.63, 3.8) is 0 Å². The summed E-state index contributed by atoms with van der Waals surface area (Å²) in [6.45, 7) is 0. The Balaban J connectivity index is 1.57. The topological polar surface area (TPSA) is 116 Å². The average molecular weight is 376 g/mol. The molecule has 3 aromatic rings. The van der Waals surface area contributed by atoms with Crippen LogP contribution in [0, 0.1) is 5.92 Å². The molecule has 5 rings (SSSR count). The van der Waals surface area contributed by atoms with Crippen molar-refractivity contribution in [3.05, 3.63) is 48.0 Å². The van der Waals surface area contributed by atoms with E-state index in [1.54, 1.807) is 30.6 Å². The fraction of sp³-hybridized carbons (Fsp3) is 0.350. The van der Waals surface area contributed by atoms with Crippen molar-refractivity contribution in [3.8, 4) is 0 Å². The van der Waals surface area contributed by atoms with Crippen molar-refractivity contribution < 1.29 is 9.59 Å². The summed E-state index contributed by atoms with van der Waals surface area (Å²) in [5.74, 6) is 0.504. The normalized spacial score (nSPS) is 24.1. The lowest BCUT2D eigenvalue weighted by molar-refractivity contribution is -0.126. The summed E-state index contributed by atoms with van der Waals surface area (Å²) in [5.41, 5.74) is 7.61. The predicted octanol–water partition coefficient (Wildman–Crippen LogP) is 1.87. The van der Waals surface area contributed by atoms with Gasteiger partial charge in [0.1, 0.15) is 5.52 Å². The molecule has 0 radical (unpaired) electrons. The van der Waals surface area contributed by atoms with Gasteiger partial charge >= 0.3 is 0 Å². The van der Waals surface area contributed by atoms with E-state index in [4.69, 9.17) is 5.73 Å². The number of nitrogens with one attached hydrogen (secondary N) is 1. The molecule has 1 aliphatic carbocycles. The van der Waals surface area contributed by atoms with Gasteiger partial charge in [-0.3, -0.25) is 9.59 Å². The monoisotopic (exact) mass is 376 g/mol. The first kappa shape index (κ1) is 16.9. The molecule has 8 heteroatoms. The molecule has 142 valence electrons. The first-order chi connectivity index (χ1) is 13.6. The molecule has 1 aliphatic heterocycles. The Kier molecular flexibility index (Phi) is 3.85. The fourth-order valence-corrected chi connectivity index (χ4v) is 4.44. The van der Waals surface area contributed by atoms with E-state index in [1.165, 1.54) is 0 Å². The number of aromatic nitrogens is 4. The number of nitrogens with two attached hydrogens (primary N) is 1. The summed E-state index contributed by atoms with van der Waals surface area (Å²) in [7, 11) is 0. The van der Waals surface area contributed by atoms with Crippen LogP contribution in [-0.2, 0) is 4.79 Å². The number of hydrogen-bond acceptors (Lipinski definition) is 6. The Morgan fingerprint density at radius 2 is 2.00 bits per heavy atom. The molecular formula is C20H20N6O2. The molecular weight excluding hydrogens is 356 g/mol. The predicted molar refractivity (Wildman–Crippen MR) is 103 cm³/mol. The maximum absolute atomic E-state index is 12.8. The number of benzene rings is 1. The van der Waals surface area contributed by atoms with Gasteiger partial charge in [0.05, 0.1) is 12.4 Å². The van der Waals surface area contributed by atoms with Gasteiger partial charge in [0, 0.05) is 18.0 Å². The third-order valence-electron chi connectivity index (χ3n) is 5.79. The molecule has 3 atom stereocenters. The van der Waals surface area contributed by atoms with Crippen molar-refractivity contribution in [1.82, 2.24) is 24.8 Å². The second kappa shape index (κ2) is 6.40. The number of ketones is 1. The van der Waals surface area contributed by atoms with Crippen LogP contribution in [-0.4, -0.2) is 37.3 Å². The van der Waals surface area contributed by atoms with Crippen molar-refractivity contribution in [2.24, 2.45) is 5.92 Å². The minimum atomic E-state index is -0.281. The molecule has 2 bridgehead atoms. The minimum Gasteiger partial charge on any atom is -0.382 e. The van der Waals surface area contributed by atoms with Gasteiger partial charge in [0.2, 0.25) is 17.5 Å². The molecule has 0 unspecified atom stereocenters. The summed E-state index contributed by atoms with van der Waals surface area (Å²) < 4.78 is 1.95. The number of fused-ring (bicyclic) bond motifs is 3. The van der Waals surface area contributed by atoms with Gasteiger partial charge in [0.15, 0.2) is 11.5 Å². The number of imidazole rings is 1. The van der Waals surface area contributed by atoms with Gasteiger partial charge in [-0.05, 0) is 25.2 Å². The Morgan fingerprint density at radius 3 is 2.82 bits per heavy atom. The quantitative estimate of drug-likeness (QED) is 0.674. The zero-order valence-electron chi connectivity index (χ0n) is 15.2. The largest absolute Gasteiger partial charge is 0.382 e. The van der Waals surface area contributed by atoms with Crippen molar-refractivity contribution >= 4 is 28.7 Å². The molecule has 2 fully saturated rings. The highest BCUT2D eigenvalue weighted by molar-refractivity contribution is 6.07. The van der Waals surface area contributed by atoms with Crippen molar-refractivity contribution in [2.45, 2.75) is 37.8 Å². The third-order valence-corrected chi connectivity index (χ3v) is 5.79. The summed E-state index contributed by atoms with van der Waals surface area (Å²) in [6, 6.07) is 8.97. The second-order valence-corrected chi connectivity index (χ2v) is 7.58. The van der Waals surface area contributed by atoms with Crippen LogP contribution in [0.3, 0.4) is 0 Å². The lowest BCUT2D eigenvalue weighted by Crippen LogP contribution is -2.49. The minimum absolute atomic E-state index is 0.0412. The van der Waals surface area contributed by atoms with E-state index in [2.05, 4.69) is 20.3 Å². The van der Waals surface area contributed by atoms with Crippen LogP contribution in [0.5, 0.6) is 0 Å². The Labute approximate surface area is 161 Å². The van der Waals surface area contributed by atoms with Gasteiger partial charge in [-0.15, -0.1) is 0 Å². The molecule has 1 saturated carbocycles. The number of anilines is 1. The number of hydrogen-bond donors (Lipinski definition) is 2. The van der Waals surface area contributed by atoms with Gasteiger partial charge in [-0.25, -0.2) is 15.0 Å². The highest BCUT2D eigenvalue weighted by atomic mass is 16.1. The summed E-state index contributed by atoms with van der Waals surface area (Å²) in [6.07, 6.45) is 5.17. The Morgan fingerprint density at radius 1 is 1.18 bits per heavy atom. The van der Waals surface area contributed by atoms with E-state index < -0.39 is 0 Å². The molecule has 1 aromatic carbocycles. The maximum Gasteiger partial charge on any atom is 0.230 e. The zero-order valence-corrected chi connectivity index (χ0v) is 15.2. The second-order valence-electron chi connectivity index (χ2n) is 7.58. The summed E-state index contributed by atoms with van der Waals surface area (Å²) in [5, 5.41) is 3.10. The number of carbonyl (C=O) groups excluding carboxylic acids is 2. The molecule has 3 N–H and O–H groups in total. The standard InChI is InChI=1S/C20H20N6O2/c21-18-16-20(25-19(24-18)17(28)12-4-2-1-3-5-12)26(10-22-16)14-7-6-11-8-13(14)23-15(27)9-11/h1-5,10-11,13-14H,6-9H2,(H,23,27)(H2,21,24,25)/t11-,13-,14-/m1/s1. The molecule has 8 nitrogen and oxygen atoms in total. The number of amides is 1. The lowest BCUT2D eigenvalue weighted by atomic mass is 9.77. The lowest BCUT2D eigenvalue weighted by Gasteiger charge is -2.40. The highest BCUT2D eigenvalue weighted by Gasteiger charge is 2.38. The smallest absolute Gasteiger partial charge is 0.230 e. The number of piperidine rings is 1. The average Bonchev–Trinajstić information content (AvgIpc) is 3.12. The van der Waals surface area contributed by atoms with Gasteiger partial charge in [0.25, 0.3) is 0 Å². The van der Waals surface area contributed by atoms with Crippen molar-refractivity contribution in [2.75, 3.05) is 5.73 Å². The van der Waals surface area contributed by atoms with Crippen LogP contribution in [0.2, 0.25) is 0 Å². The van der Waals surface area contributed by atoms with Gasteiger partial charge in [-0.2, -0.15) is 0 Å². The molecule has 1 saturated heterocycles. The van der Waals surface area contributed by atoms with Crippen LogP contribution in [0.4, 0.5) is 5.82 Å². The van der Waals surface area contributed by atoms with E-state index in [0.717, 1.165) is 19.3 Å². The van der Waals surface area contributed by atoms with Gasteiger partial charge < -0.3 is 15.6 Å². The fourth-order valence-electron chi connectivity index (χ4n) is 4.44. The maximum atomic E-state index is 12.8. The highest BCUT2D eigenvalue weighted by Crippen LogP contribution is 2.38. The summed E-state index contributed by atoms with van der Waals surface area (Å²) >= 11 is 0. The SMILES string of the molecule is Nc1nc(C(=O)c2ccccc2)nc2c1ncn2[C@@H]1CC[C@H]2CC(=O)N[C@@H]1C2. The van der Waals surface area contributed by atoms with E-state index in [0.29, 0.717) is 29.1 Å². The number of nitrogens with zero attached hydrogens (tertiary/aromatic N) is 4. The number of nitrogen functional groups attached to an aromatic ring is 1. The number of carbonyl (C=O) groups is 2.